The molecule has 0 saturated heterocycles. The van der Waals surface area contributed by atoms with Gasteiger partial charge in [0.25, 0.3) is 0 Å². The summed E-state index contributed by atoms with van der Waals surface area (Å²) in [5.74, 6) is 0.785. The zero-order chi connectivity index (χ0) is 14.5. The number of nitrogens with one attached hydrogen (secondary N) is 1. The Hall–Kier alpha value is -1.34. The number of anilines is 1. The lowest BCUT2D eigenvalue weighted by Gasteiger charge is -2.12. The number of thioether (sulfide) groups is 1. The fourth-order valence-electron chi connectivity index (χ4n) is 1.87. The van der Waals surface area contributed by atoms with E-state index < -0.39 is 0 Å². The van der Waals surface area contributed by atoms with E-state index in [2.05, 4.69) is 22.2 Å². The zero-order valence-electron chi connectivity index (χ0n) is 11.5. The molecule has 20 heavy (non-hydrogen) atoms. The summed E-state index contributed by atoms with van der Waals surface area (Å²) in [6.45, 7) is 4.11. The number of hydrogen-bond donors (Lipinski definition) is 2. The van der Waals surface area contributed by atoms with Crippen LogP contribution in [0.3, 0.4) is 0 Å². The van der Waals surface area contributed by atoms with Gasteiger partial charge in [-0.3, -0.25) is 4.79 Å². The smallest absolute Gasteiger partial charge is 0.230 e. The normalized spacial score (nSPS) is 12.5. The molecule has 7 heteroatoms. The van der Waals surface area contributed by atoms with Crippen LogP contribution in [-0.2, 0) is 4.79 Å². The van der Waals surface area contributed by atoms with E-state index in [0.29, 0.717) is 16.7 Å². The molecular formula is C13H18N4OS2. The number of thiophene rings is 1. The Kier molecular flexibility index (Phi) is 5.19. The second-order valence-electron chi connectivity index (χ2n) is 4.58. The summed E-state index contributed by atoms with van der Waals surface area (Å²) >= 11 is 2.84. The van der Waals surface area contributed by atoms with Crippen molar-refractivity contribution in [2.24, 2.45) is 0 Å². The second-order valence-corrected chi connectivity index (χ2v) is 6.41. The molecule has 0 aromatic carbocycles. The number of fused-ring (bicyclic) bond motifs is 1. The molecule has 2 aromatic rings. The molecule has 1 atom stereocenters. The molecule has 0 saturated carbocycles. The highest BCUT2D eigenvalue weighted by atomic mass is 32.2. The van der Waals surface area contributed by atoms with Gasteiger partial charge in [0.05, 0.1) is 11.1 Å². The lowest BCUT2D eigenvalue weighted by molar-refractivity contribution is -0.119. The van der Waals surface area contributed by atoms with E-state index in [9.17, 15) is 4.79 Å². The van der Waals surface area contributed by atoms with Gasteiger partial charge in [-0.1, -0.05) is 25.1 Å². The maximum Gasteiger partial charge on any atom is 0.230 e. The molecular weight excluding hydrogens is 292 g/mol. The lowest BCUT2D eigenvalue weighted by atomic mass is 10.2. The number of amides is 1. The van der Waals surface area contributed by atoms with Crippen molar-refractivity contribution in [1.29, 1.82) is 0 Å². The first-order valence-corrected chi connectivity index (χ1v) is 8.39. The zero-order valence-corrected chi connectivity index (χ0v) is 13.2. The van der Waals surface area contributed by atoms with Crippen molar-refractivity contribution in [2.75, 3.05) is 11.5 Å². The largest absolute Gasteiger partial charge is 0.383 e. The third-order valence-electron chi connectivity index (χ3n) is 2.80. The van der Waals surface area contributed by atoms with Crippen LogP contribution in [0.4, 0.5) is 5.82 Å². The van der Waals surface area contributed by atoms with Crippen molar-refractivity contribution in [1.82, 2.24) is 15.3 Å². The van der Waals surface area contributed by atoms with Gasteiger partial charge in [0.2, 0.25) is 5.91 Å². The summed E-state index contributed by atoms with van der Waals surface area (Å²) in [5, 5.41) is 6.31. The number of carbonyl (C=O) groups excluding carboxylic acids is 1. The summed E-state index contributed by atoms with van der Waals surface area (Å²) < 4.78 is 0. The van der Waals surface area contributed by atoms with Crippen LogP contribution >= 0.6 is 23.1 Å². The van der Waals surface area contributed by atoms with E-state index in [4.69, 9.17) is 5.73 Å². The average Bonchev–Trinajstić information content (AvgIpc) is 2.85. The molecule has 0 aliphatic heterocycles. The van der Waals surface area contributed by atoms with Crippen molar-refractivity contribution >= 4 is 45.0 Å². The minimum atomic E-state index is 0.00407. The molecule has 0 bridgehead atoms. The molecule has 108 valence electrons. The van der Waals surface area contributed by atoms with Gasteiger partial charge >= 0.3 is 0 Å². The van der Waals surface area contributed by atoms with Crippen LogP contribution in [0.5, 0.6) is 0 Å². The van der Waals surface area contributed by atoms with E-state index in [1.807, 2.05) is 18.4 Å². The van der Waals surface area contributed by atoms with Gasteiger partial charge in [0, 0.05) is 6.04 Å². The van der Waals surface area contributed by atoms with E-state index in [1.54, 1.807) is 0 Å². The van der Waals surface area contributed by atoms with E-state index in [0.717, 1.165) is 23.1 Å². The van der Waals surface area contributed by atoms with Crippen molar-refractivity contribution in [3.05, 3.63) is 11.4 Å². The maximum absolute atomic E-state index is 11.8. The van der Waals surface area contributed by atoms with Crippen LogP contribution in [0.15, 0.2) is 16.6 Å². The molecule has 2 aromatic heterocycles. The van der Waals surface area contributed by atoms with Crippen LogP contribution < -0.4 is 11.1 Å². The number of aromatic nitrogens is 2. The Morgan fingerprint density at radius 1 is 1.55 bits per heavy atom. The van der Waals surface area contributed by atoms with Crippen LogP contribution in [0.25, 0.3) is 10.2 Å². The van der Waals surface area contributed by atoms with Crippen molar-refractivity contribution in [3.8, 4) is 0 Å². The van der Waals surface area contributed by atoms with Crippen LogP contribution in [0, 0.1) is 0 Å². The van der Waals surface area contributed by atoms with Crippen molar-refractivity contribution < 1.29 is 4.79 Å². The molecule has 0 aliphatic rings. The standard InChI is InChI=1S/C13H18N4OS2/c1-3-4-8(2)15-10(18)7-20-13-16-11(14)9-5-6-19-12(9)17-13/h5-6,8H,3-4,7H2,1-2H3,(H,15,18)(H2,14,16,17). The Bertz CT molecular complexity index is 599. The predicted octanol–water partition coefficient (Wildman–Crippen LogP) is 2.67. The third-order valence-corrected chi connectivity index (χ3v) is 4.45. The molecule has 1 amide bonds. The fraction of sp³-hybridized carbons (Fsp3) is 0.462. The number of hydrogen-bond acceptors (Lipinski definition) is 6. The first-order valence-electron chi connectivity index (χ1n) is 6.53. The molecule has 2 rings (SSSR count). The van der Waals surface area contributed by atoms with Gasteiger partial charge in [-0.15, -0.1) is 11.3 Å². The van der Waals surface area contributed by atoms with Gasteiger partial charge in [0.1, 0.15) is 10.6 Å². The number of nitrogens with zero attached hydrogens (tertiary/aromatic N) is 2. The molecule has 5 nitrogen and oxygen atoms in total. The monoisotopic (exact) mass is 310 g/mol. The van der Waals surface area contributed by atoms with E-state index in [-0.39, 0.29) is 11.9 Å². The van der Waals surface area contributed by atoms with E-state index in [1.165, 1.54) is 23.1 Å². The summed E-state index contributed by atoms with van der Waals surface area (Å²) in [5.41, 5.74) is 5.87. The summed E-state index contributed by atoms with van der Waals surface area (Å²) in [6, 6.07) is 2.11. The first kappa shape index (κ1) is 15.1. The summed E-state index contributed by atoms with van der Waals surface area (Å²) in [4.78, 5) is 21.3. The van der Waals surface area contributed by atoms with E-state index >= 15 is 0 Å². The summed E-state index contributed by atoms with van der Waals surface area (Å²) in [7, 11) is 0. The molecule has 0 radical (unpaired) electrons. The molecule has 3 N–H and O–H groups in total. The van der Waals surface area contributed by atoms with Gasteiger partial charge in [-0.25, -0.2) is 9.97 Å². The maximum atomic E-state index is 11.8. The molecule has 0 spiro atoms. The second kappa shape index (κ2) is 6.90. The predicted molar refractivity (Wildman–Crippen MR) is 85.1 cm³/mol. The summed E-state index contributed by atoms with van der Waals surface area (Å²) in [6.07, 6.45) is 2.05. The number of nitrogens with two attached hydrogens (primary N) is 1. The molecule has 0 aliphatic carbocycles. The Morgan fingerprint density at radius 2 is 2.35 bits per heavy atom. The SMILES string of the molecule is CCCC(C)NC(=O)CSc1nc(N)c2ccsc2n1. The van der Waals surface area contributed by atoms with Crippen molar-refractivity contribution in [2.45, 2.75) is 37.9 Å². The number of carbonyl (C=O) groups is 1. The highest BCUT2D eigenvalue weighted by molar-refractivity contribution is 7.99. The van der Waals surface area contributed by atoms with Crippen LogP contribution in [-0.4, -0.2) is 27.7 Å². The Morgan fingerprint density at radius 3 is 3.10 bits per heavy atom. The molecule has 0 fully saturated rings. The molecule has 1 unspecified atom stereocenters. The van der Waals surface area contributed by atoms with Gasteiger partial charge < -0.3 is 11.1 Å². The van der Waals surface area contributed by atoms with Gasteiger partial charge in [-0.2, -0.15) is 0 Å². The topological polar surface area (TPSA) is 80.9 Å². The Labute approximate surface area is 126 Å². The quantitative estimate of drug-likeness (QED) is 0.633. The van der Waals surface area contributed by atoms with Crippen LogP contribution in [0.1, 0.15) is 26.7 Å². The number of nitrogen functional groups attached to an aromatic ring is 1. The van der Waals surface area contributed by atoms with Gasteiger partial charge in [-0.05, 0) is 24.8 Å². The first-order chi connectivity index (χ1) is 9.60. The van der Waals surface area contributed by atoms with Crippen LogP contribution in [0.2, 0.25) is 0 Å². The Balaban J connectivity index is 1.93. The van der Waals surface area contributed by atoms with Crippen molar-refractivity contribution in [3.63, 3.8) is 0 Å². The third kappa shape index (κ3) is 3.83. The number of rotatable bonds is 6. The average molecular weight is 310 g/mol. The highest BCUT2D eigenvalue weighted by Gasteiger charge is 2.10. The highest BCUT2D eigenvalue weighted by Crippen LogP contribution is 2.26. The lowest BCUT2D eigenvalue weighted by Crippen LogP contribution is -2.33. The van der Waals surface area contributed by atoms with Gasteiger partial charge in [0.15, 0.2) is 5.16 Å². The minimum Gasteiger partial charge on any atom is -0.383 e. The molecule has 2 heterocycles. The minimum absolute atomic E-state index is 0.00407. The fourth-order valence-corrected chi connectivity index (χ4v) is 3.37.